The molecule has 0 bridgehead atoms. The molecule has 0 N–H and O–H groups in total. The Morgan fingerprint density at radius 2 is 1.68 bits per heavy atom. The van der Waals surface area contributed by atoms with E-state index in [4.69, 9.17) is 4.74 Å². The smallest absolute Gasteiger partial charge is 0.273 e. The van der Waals surface area contributed by atoms with Gasteiger partial charge in [-0.1, -0.05) is 32.0 Å². The lowest BCUT2D eigenvalue weighted by Crippen LogP contribution is -1.91. The number of nitrogens with zero attached hydrogens (tertiary/aromatic N) is 1. The summed E-state index contributed by atoms with van der Waals surface area (Å²) in [6.07, 6.45) is 0. The summed E-state index contributed by atoms with van der Waals surface area (Å²) in [6.45, 7) is 4.21. The van der Waals surface area contributed by atoms with E-state index in [1.165, 1.54) is 17.7 Å². The fourth-order valence-corrected chi connectivity index (χ4v) is 1.73. The number of rotatable bonds is 4. The molecule has 0 aliphatic rings. The van der Waals surface area contributed by atoms with Crippen molar-refractivity contribution in [3.8, 4) is 11.5 Å². The van der Waals surface area contributed by atoms with E-state index in [1.54, 1.807) is 12.1 Å². The molecule has 2 aromatic carbocycles. The molecule has 2 aromatic rings. The molecule has 2 rings (SSSR count). The first-order chi connectivity index (χ1) is 9.06. The lowest BCUT2D eigenvalue weighted by molar-refractivity contribution is -0.384. The predicted molar refractivity (Wildman–Crippen MR) is 73.7 cm³/mol. The normalized spacial score (nSPS) is 10.5. The number of hydrogen-bond donors (Lipinski definition) is 0. The fraction of sp³-hybridized carbons (Fsp3) is 0.200. The first kappa shape index (κ1) is 13.1. The average Bonchev–Trinajstić information content (AvgIpc) is 2.39. The molecule has 0 saturated heterocycles. The first-order valence-corrected chi connectivity index (χ1v) is 6.08. The first-order valence-electron chi connectivity index (χ1n) is 6.08. The van der Waals surface area contributed by atoms with Crippen LogP contribution in [0.15, 0.2) is 48.5 Å². The van der Waals surface area contributed by atoms with E-state index < -0.39 is 4.92 Å². The van der Waals surface area contributed by atoms with Crippen molar-refractivity contribution in [2.45, 2.75) is 19.8 Å². The zero-order chi connectivity index (χ0) is 13.8. The van der Waals surface area contributed by atoms with Gasteiger partial charge in [0.1, 0.15) is 11.5 Å². The maximum absolute atomic E-state index is 10.7. The van der Waals surface area contributed by atoms with Gasteiger partial charge in [-0.05, 0) is 29.7 Å². The Balaban J connectivity index is 2.23. The highest BCUT2D eigenvalue weighted by Crippen LogP contribution is 2.27. The van der Waals surface area contributed by atoms with E-state index in [0.29, 0.717) is 17.4 Å². The quantitative estimate of drug-likeness (QED) is 0.598. The summed E-state index contributed by atoms with van der Waals surface area (Å²) in [5, 5.41) is 10.7. The maximum atomic E-state index is 10.7. The van der Waals surface area contributed by atoms with Crippen molar-refractivity contribution >= 4 is 5.69 Å². The molecule has 98 valence electrons. The summed E-state index contributed by atoms with van der Waals surface area (Å²) in [6, 6.07) is 13.9. The van der Waals surface area contributed by atoms with Gasteiger partial charge in [0.05, 0.1) is 11.0 Å². The Kier molecular flexibility index (Phi) is 3.80. The monoisotopic (exact) mass is 257 g/mol. The maximum Gasteiger partial charge on any atom is 0.273 e. The molecule has 0 radical (unpaired) electrons. The molecule has 0 aliphatic heterocycles. The SMILES string of the molecule is CC(C)c1cccc(Oc2cccc([N+](=O)[O-])c2)c1. The Bertz CT molecular complexity index is 593. The number of ether oxygens (including phenoxy) is 1. The van der Waals surface area contributed by atoms with Gasteiger partial charge in [-0.2, -0.15) is 0 Å². The van der Waals surface area contributed by atoms with Gasteiger partial charge in [-0.25, -0.2) is 0 Å². The number of hydrogen-bond acceptors (Lipinski definition) is 3. The van der Waals surface area contributed by atoms with E-state index >= 15 is 0 Å². The lowest BCUT2D eigenvalue weighted by atomic mass is 10.0. The Morgan fingerprint density at radius 1 is 1.05 bits per heavy atom. The van der Waals surface area contributed by atoms with Crippen LogP contribution in [-0.2, 0) is 0 Å². The van der Waals surface area contributed by atoms with Gasteiger partial charge in [-0.3, -0.25) is 10.1 Å². The average molecular weight is 257 g/mol. The molecule has 0 spiro atoms. The van der Waals surface area contributed by atoms with Crippen LogP contribution < -0.4 is 4.74 Å². The molecule has 0 aliphatic carbocycles. The van der Waals surface area contributed by atoms with Crippen LogP contribution in [0.1, 0.15) is 25.3 Å². The second-order valence-corrected chi connectivity index (χ2v) is 4.58. The van der Waals surface area contributed by atoms with E-state index in [1.807, 2.05) is 24.3 Å². The van der Waals surface area contributed by atoms with Gasteiger partial charge in [0.25, 0.3) is 5.69 Å². The summed E-state index contributed by atoms with van der Waals surface area (Å²) in [7, 11) is 0. The predicted octanol–water partition coefficient (Wildman–Crippen LogP) is 4.51. The summed E-state index contributed by atoms with van der Waals surface area (Å²) < 4.78 is 5.66. The Morgan fingerprint density at radius 3 is 2.32 bits per heavy atom. The van der Waals surface area contributed by atoms with E-state index in [2.05, 4.69) is 13.8 Å². The largest absolute Gasteiger partial charge is 0.457 e. The number of non-ortho nitro benzene ring substituents is 1. The van der Waals surface area contributed by atoms with Crippen molar-refractivity contribution < 1.29 is 9.66 Å². The third-order valence-electron chi connectivity index (χ3n) is 2.79. The minimum Gasteiger partial charge on any atom is -0.457 e. The molecule has 0 aromatic heterocycles. The highest BCUT2D eigenvalue weighted by atomic mass is 16.6. The molecule has 0 atom stereocenters. The number of nitro benzene ring substituents is 1. The highest BCUT2D eigenvalue weighted by molar-refractivity contribution is 5.41. The van der Waals surface area contributed by atoms with Crippen LogP contribution in [0.2, 0.25) is 0 Å². The number of benzene rings is 2. The van der Waals surface area contributed by atoms with Crippen LogP contribution >= 0.6 is 0 Å². The van der Waals surface area contributed by atoms with Crippen LogP contribution in [0.25, 0.3) is 0 Å². The lowest BCUT2D eigenvalue weighted by Gasteiger charge is -2.09. The zero-order valence-corrected chi connectivity index (χ0v) is 10.9. The summed E-state index contributed by atoms with van der Waals surface area (Å²) in [5.74, 6) is 1.57. The van der Waals surface area contributed by atoms with Gasteiger partial charge in [0.2, 0.25) is 0 Å². The molecule has 0 saturated carbocycles. The van der Waals surface area contributed by atoms with E-state index in [9.17, 15) is 10.1 Å². The summed E-state index contributed by atoms with van der Waals surface area (Å²) in [5.41, 5.74) is 1.19. The van der Waals surface area contributed by atoms with Crippen LogP contribution in [0.3, 0.4) is 0 Å². The molecule has 0 unspecified atom stereocenters. The second-order valence-electron chi connectivity index (χ2n) is 4.58. The van der Waals surface area contributed by atoms with Gasteiger partial charge < -0.3 is 4.74 Å². The minimum absolute atomic E-state index is 0.0255. The van der Waals surface area contributed by atoms with Crippen LogP contribution in [0.4, 0.5) is 5.69 Å². The second kappa shape index (κ2) is 5.52. The standard InChI is InChI=1S/C15H15NO3/c1-11(2)12-5-3-7-14(9-12)19-15-8-4-6-13(10-15)16(17)18/h3-11H,1-2H3. The summed E-state index contributed by atoms with van der Waals surface area (Å²) in [4.78, 5) is 10.3. The Hall–Kier alpha value is -2.36. The van der Waals surface area contributed by atoms with Gasteiger partial charge >= 0.3 is 0 Å². The van der Waals surface area contributed by atoms with E-state index in [-0.39, 0.29) is 5.69 Å². The topological polar surface area (TPSA) is 52.4 Å². The van der Waals surface area contributed by atoms with Gasteiger partial charge in [0, 0.05) is 6.07 Å². The Labute approximate surface area is 111 Å². The highest BCUT2D eigenvalue weighted by Gasteiger charge is 2.07. The molecular weight excluding hydrogens is 242 g/mol. The number of nitro groups is 1. The minimum atomic E-state index is -0.433. The fourth-order valence-electron chi connectivity index (χ4n) is 1.73. The van der Waals surface area contributed by atoms with Crippen molar-refractivity contribution in [2.24, 2.45) is 0 Å². The molecule has 0 amide bonds. The van der Waals surface area contributed by atoms with Crippen molar-refractivity contribution in [2.75, 3.05) is 0 Å². The summed E-state index contributed by atoms with van der Waals surface area (Å²) >= 11 is 0. The zero-order valence-electron chi connectivity index (χ0n) is 10.9. The molecule has 4 heteroatoms. The van der Waals surface area contributed by atoms with Crippen LogP contribution in [0.5, 0.6) is 11.5 Å². The van der Waals surface area contributed by atoms with E-state index in [0.717, 1.165) is 0 Å². The van der Waals surface area contributed by atoms with Crippen LogP contribution in [-0.4, -0.2) is 4.92 Å². The van der Waals surface area contributed by atoms with Crippen molar-refractivity contribution in [1.29, 1.82) is 0 Å². The molecular formula is C15H15NO3. The molecule has 19 heavy (non-hydrogen) atoms. The van der Waals surface area contributed by atoms with Gasteiger partial charge in [0.15, 0.2) is 0 Å². The van der Waals surface area contributed by atoms with Gasteiger partial charge in [-0.15, -0.1) is 0 Å². The molecule has 0 fully saturated rings. The molecule has 0 heterocycles. The van der Waals surface area contributed by atoms with Crippen molar-refractivity contribution in [1.82, 2.24) is 0 Å². The van der Waals surface area contributed by atoms with Crippen molar-refractivity contribution in [3.63, 3.8) is 0 Å². The van der Waals surface area contributed by atoms with Crippen LogP contribution in [0, 0.1) is 10.1 Å². The third kappa shape index (κ3) is 3.31. The third-order valence-corrected chi connectivity index (χ3v) is 2.79. The van der Waals surface area contributed by atoms with Crippen molar-refractivity contribution in [3.05, 3.63) is 64.2 Å². The molecule has 4 nitrogen and oxygen atoms in total.